The summed E-state index contributed by atoms with van der Waals surface area (Å²) in [6, 6.07) is 19.4. The monoisotopic (exact) mass is 274 g/mol. The van der Waals surface area contributed by atoms with E-state index in [9.17, 15) is 0 Å². The van der Waals surface area contributed by atoms with Crippen LogP contribution in [0, 0.1) is 0 Å². The SMILES string of the molecule is c1ccc2c(c1)CCN(Cc1cnc3ccccc3c1)C2. The zero-order valence-corrected chi connectivity index (χ0v) is 12.0. The van der Waals surface area contributed by atoms with Crippen LogP contribution in [-0.4, -0.2) is 16.4 Å². The first-order chi connectivity index (χ1) is 10.4. The summed E-state index contributed by atoms with van der Waals surface area (Å²) in [5.74, 6) is 0. The van der Waals surface area contributed by atoms with Crippen LogP contribution in [0.25, 0.3) is 10.9 Å². The van der Waals surface area contributed by atoms with Crippen molar-refractivity contribution in [2.45, 2.75) is 19.5 Å². The van der Waals surface area contributed by atoms with E-state index in [4.69, 9.17) is 0 Å². The van der Waals surface area contributed by atoms with Gasteiger partial charge in [0.25, 0.3) is 0 Å². The highest BCUT2D eigenvalue weighted by molar-refractivity contribution is 5.78. The second kappa shape index (κ2) is 5.30. The van der Waals surface area contributed by atoms with Gasteiger partial charge in [0.15, 0.2) is 0 Å². The van der Waals surface area contributed by atoms with Crippen molar-refractivity contribution in [1.82, 2.24) is 9.88 Å². The summed E-state index contributed by atoms with van der Waals surface area (Å²) < 4.78 is 0. The van der Waals surface area contributed by atoms with E-state index in [1.165, 1.54) is 22.1 Å². The second-order valence-corrected chi connectivity index (χ2v) is 5.77. The van der Waals surface area contributed by atoms with E-state index in [2.05, 4.69) is 58.4 Å². The molecule has 4 rings (SSSR count). The third-order valence-corrected chi connectivity index (χ3v) is 4.26. The minimum atomic E-state index is 0.978. The predicted molar refractivity (Wildman–Crippen MR) is 86.0 cm³/mol. The van der Waals surface area contributed by atoms with E-state index in [0.717, 1.165) is 31.6 Å². The number of hydrogen-bond donors (Lipinski definition) is 0. The molecule has 2 heteroatoms. The number of fused-ring (bicyclic) bond motifs is 2. The number of nitrogens with zero attached hydrogens (tertiary/aromatic N) is 2. The fourth-order valence-electron chi connectivity index (χ4n) is 3.15. The van der Waals surface area contributed by atoms with Gasteiger partial charge in [-0.15, -0.1) is 0 Å². The number of rotatable bonds is 2. The number of aromatic nitrogens is 1. The lowest BCUT2D eigenvalue weighted by Crippen LogP contribution is -2.29. The Labute approximate surface area is 125 Å². The average molecular weight is 274 g/mol. The first-order valence-electron chi connectivity index (χ1n) is 7.51. The Hall–Kier alpha value is -2.19. The lowest BCUT2D eigenvalue weighted by molar-refractivity contribution is 0.245. The normalized spacial score (nSPS) is 15.0. The molecule has 0 N–H and O–H groups in total. The van der Waals surface area contributed by atoms with Gasteiger partial charge in [-0.05, 0) is 35.2 Å². The van der Waals surface area contributed by atoms with Crippen LogP contribution in [-0.2, 0) is 19.5 Å². The van der Waals surface area contributed by atoms with Crippen molar-refractivity contribution in [2.75, 3.05) is 6.54 Å². The van der Waals surface area contributed by atoms with Crippen molar-refractivity contribution in [3.63, 3.8) is 0 Å². The predicted octanol–water partition coefficient (Wildman–Crippen LogP) is 3.79. The standard InChI is InChI=1S/C19H18N2/c1-2-7-18-14-21(10-9-16(18)5-1)13-15-11-17-6-3-4-8-19(17)20-12-15/h1-8,11-12H,9-10,13-14H2. The average Bonchev–Trinajstić information content (AvgIpc) is 2.55. The second-order valence-electron chi connectivity index (χ2n) is 5.77. The van der Waals surface area contributed by atoms with Crippen LogP contribution in [0.5, 0.6) is 0 Å². The molecule has 104 valence electrons. The summed E-state index contributed by atoms with van der Waals surface area (Å²) in [6.45, 7) is 3.15. The Morgan fingerprint density at radius 2 is 1.76 bits per heavy atom. The van der Waals surface area contributed by atoms with E-state index in [1.807, 2.05) is 12.3 Å². The Morgan fingerprint density at radius 3 is 2.71 bits per heavy atom. The molecule has 0 saturated carbocycles. The van der Waals surface area contributed by atoms with Crippen LogP contribution in [0.1, 0.15) is 16.7 Å². The summed E-state index contributed by atoms with van der Waals surface area (Å²) in [7, 11) is 0. The molecule has 1 aliphatic rings. The van der Waals surface area contributed by atoms with Crippen LogP contribution >= 0.6 is 0 Å². The smallest absolute Gasteiger partial charge is 0.0702 e. The highest BCUT2D eigenvalue weighted by Crippen LogP contribution is 2.21. The van der Waals surface area contributed by atoms with E-state index >= 15 is 0 Å². The van der Waals surface area contributed by atoms with Crippen LogP contribution in [0.3, 0.4) is 0 Å². The van der Waals surface area contributed by atoms with Gasteiger partial charge in [0, 0.05) is 31.2 Å². The molecule has 0 atom stereocenters. The molecule has 2 nitrogen and oxygen atoms in total. The van der Waals surface area contributed by atoms with Gasteiger partial charge in [-0.2, -0.15) is 0 Å². The third kappa shape index (κ3) is 2.55. The summed E-state index contributed by atoms with van der Waals surface area (Å²) in [6.07, 6.45) is 3.17. The molecule has 1 aliphatic heterocycles. The summed E-state index contributed by atoms with van der Waals surface area (Å²) in [5.41, 5.74) is 5.35. The Kier molecular flexibility index (Phi) is 3.17. The molecule has 0 aliphatic carbocycles. The van der Waals surface area contributed by atoms with E-state index in [-0.39, 0.29) is 0 Å². The first-order valence-corrected chi connectivity index (χ1v) is 7.51. The number of para-hydroxylation sites is 1. The number of pyridine rings is 1. The fourth-order valence-corrected chi connectivity index (χ4v) is 3.15. The van der Waals surface area contributed by atoms with Crippen molar-refractivity contribution >= 4 is 10.9 Å². The Bertz CT molecular complexity index is 779. The van der Waals surface area contributed by atoms with Crippen LogP contribution < -0.4 is 0 Å². The molecular formula is C19H18N2. The lowest BCUT2D eigenvalue weighted by atomic mass is 9.99. The molecule has 0 amide bonds. The van der Waals surface area contributed by atoms with Crippen molar-refractivity contribution < 1.29 is 0 Å². The highest BCUT2D eigenvalue weighted by atomic mass is 15.1. The van der Waals surface area contributed by atoms with Gasteiger partial charge in [-0.3, -0.25) is 9.88 Å². The lowest BCUT2D eigenvalue weighted by Gasteiger charge is -2.28. The van der Waals surface area contributed by atoms with E-state index < -0.39 is 0 Å². The van der Waals surface area contributed by atoms with Gasteiger partial charge in [0.2, 0.25) is 0 Å². The Morgan fingerprint density at radius 1 is 0.952 bits per heavy atom. The maximum Gasteiger partial charge on any atom is 0.0702 e. The highest BCUT2D eigenvalue weighted by Gasteiger charge is 2.15. The van der Waals surface area contributed by atoms with E-state index in [1.54, 1.807) is 0 Å². The molecule has 0 unspecified atom stereocenters. The van der Waals surface area contributed by atoms with Crippen molar-refractivity contribution in [2.24, 2.45) is 0 Å². The van der Waals surface area contributed by atoms with Crippen molar-refractivity contribution in [1.29, 1.82) is 0 Å². The molecular weight excluding hydrogens is 256 g/mol. The molecule has 21 heavy (non-hydrogen) atoms. The quantitative estimate of drug-likeness (QED) is 0.706. The number of benzene rings is 2. The number of hydrogen-bond acceptors (Lipinski definition) is 2. The molecule has 0 saturated heterocycles. The zero-order chi connectivity index (χ0) is 14.1. The molecule has 2 aromatic carbocycles. The molecule has 0 radical (unpaired) electrons. The van der Waals surface area contributed by atoms with Crippen LogP contribution in [0.2, 0.25) is 0 Å². The van der Waals surface area contributed by atoms with Gasteiger partial charge in [-0.1, -0.05) is 42.5 Å². The van der Waals surface area contributed by atoms with Gasteiger partial charge in [0.1, 0.15) is 0 Å². The van der Waals surface area contributed by atoms with Gasteiger partial charge in [-0.25, -0.2) is 0 Å². The van der Waals surface area contributed by atoms with Crippen LogP contribution in [0.4, 0.5) is 0 Å². The van der Waals surface area contributed by atoms with Crippen molar-refractivity contribution in [3.05, 3.63) is 77.5 Å². The summed E-state index contributed by atoms with van der Waals surface area (Å²) in [5, 5.41) is 1.23. The molecule has 1 aromatic heterocycles. The largest absolute Gasteiger partial charge is 0.294 e. The maximum atomic E-state index is 4.56. The fraction of sp³-hybridized carbons (Fsp3) is 0.211. The minimum Gasteiger partial charge on any atom is -0.294 e. The summed E-state index contributed by atoms with van der Waals surface area (Å²) in [4.78, 5) is 7.07. The van der Waals surface area contributed by atoms with Crippen molar-refractivity contribution in [3.8, 4) is 0 Å². The first kappa shape index (κ1) is 12.5. The van der Waals surface area contributed by atoms with Gasteiger partial charge in [0.05, 0.1) is 5.52 Å². The van der Waals surface area contributed by atoms with Crippen LogP contribution in [0.15, 0.2) is 60.8 Å². The maximum absolute atomic E-state index is 4.56. The van der Waals surface area contributed by atoms with Gasteiger partial charge < -0.3 is 0 Å². The third-order valence-electron chi connectivity index (χ3n) is 4.26. The van der Waals surface area contributed by atoms with Gasteiger partial charge >= 0.3 is 0 Å². The molecule has 0 spiro atoms. The molecule has 0 bridgehead atoms. The molecule has 2 heterocycles. The molecule has 3 aromatic rings. The molecule has 0 fully saturated rings. The van der Waals surface area contributed by atoms with E-state index in [0.29, 0.717) is 0 Å². The topological polar surface area (TPSA) is 16.1 Å². The zero-order valence-electron chi connectivity index (χ0n) is 12.0. The Balaban J connectivity index is 1.55. The minimum absolute atomic E-state index is 0.978. The summed E-state index contributed by atoms with van der Waals surface area (Å²) >= 11 is 0.